The molecule has 0 bridgehead atoms. The third-order valence-electron chi connectivity index (χ3n) is 3.85. The van der Waals surface area contributed by atoms with E-state index in [1.54, 1.807) is 0 Å². The van der Waals surface area contributed by atoms with Crippen LogP contribution in [0.15, 0.2) is 28.2 Å². The van der Waals surface area contributed by atoms with Crippen molar-refractivity contribution >= 4 is 27.3 Å². The molecular formula is C15H20BrN3S. The maximum absolute atomic E-state index is 4.69. The zero-order valence-corrected chi connectivity index (χ0v) is 13.9. The van der Waals surface area contributed by atoms with E-state index in [1.807, 2.05) is 11.3 Å². The maximum atomic E-state index is 4.69. The van der Waals surface area contributed by atoms with E-state index in [4.69, 9.17) is 5.10 Å². The van der Waals surface area contributed by atoms with Crippen molar-refractivity contribution in [3.8, 4) is 0 Å². The molecule has 3 nitrogen and oxygen atoms in total. The lowest BCUT2D eigenvalue weighted by atomic mass is 10.3. The van der Waals surface area contributed by atoms with Crippen molar-refractivity contribution in [3.63, 3.8) is 0 Å². The fourth-order valence-electron chi connectivity index (χ4n) is 2.76. The molecule has 0 aromatic carbocycles. The minimum Gasteiger partial charge on any atom is -0.311 e. The van der Waals surface area contributed by atoms with Gasteiger partial charge < -0.3 is 5.32 Å². The summed E-state index contributed by atoms with van der Waals surface area (Å²) in [5.41, 5.74) is 1.16. The number of aromatic nitrogens is 2. The Morgan fingerprint density at radius 2 is 2.15 bits per heavy atom. The van der Waals surface area contributed by atoms with Crippen molar-refractivity contribution in [2.45, 2.75) is 44.7 Å². The second kappa shape index (κ2) is 6.87. The summed E-state index contributed by atoms with van der Waals surface area (Å²) >= 11 is 5.31. The van der Waals surface area contributed by atoms with Crippen LogP contribution in [0.2, 0.25) is 0 Å². The van der Waals surface area contributed by atoms with Crippen molar-refractivity contribution in [3.05, 3.63) is 38.8 Å². The van der Waals surface area contributed by atoms with Gasteiger partial charge in [-0.15, -0.1) is 11.3 Å². The Hall–Kier alpha value is -0.650. The molecule has 1 aliphatic carbocycles. The molecule has 0 aliphatic heterocycles. The van der Waals surface area contributed by atoms with Gasteiger partial charge in [-0.3, -0.25) is 4.68 Å². The number of rotatable bonds is 6. The zero-order chi connectivity index (χ0) is 13.8. The summed E-state index contributed by atoms with van der Waals surface area (Å²) in [7, 11) is 0. The van der Waals surface area contributed by atoms with Gasteiger partial charge in [0.15, 0.2) is 0 Å². The topological polar surface area (TPSA) is 29.9 Å². The summed E-state index contributed by atoms with van der Waals surface area (Å²) in [5.74, 6) is 0. The van der Waals surface area contributed by atoms with Gasteiger partial charge in [0.25, 0.3) is 0 Å². The molecule has 0 unspecified atom stereocenters. The predicted molar refractivity (Wildman–Crippen MR) is 87.2 cm³/mol. The molecule has 0 spiro atoms. The van der Waals surface area contributed by atoms with Crippen LogP contribution in [0.4, 0.5) is 0 Å². The number of thiophene rings is 1. The molecule has 0 radical (unpaired) electrons. The number of hydrogen-bond acceptors (Lipinski definition) is 3. The first-order chi connectivity index (χ1) is 9.81. The van der Waals surface area contributed by atoms with Crippen molar-refractivity contribution < 1.29 is 0 Å². The van der Waals surface area contributed by atoms with Crippen LogP contribution >= 0.6 is 27.3 Å². The highest BCUT2D eigenvalue weighted by Crippen LogP contribution is 2.28. The molecule has 2 heterocycles. The first kappa shape index (κ1) is 14.3. The average Bonchev–Trinajstić information content (AvgIpc) is 3.16. The molecule has 5 heteroatoms. The number of halogens is 1. The molecule has 0 atom stereocenters. The van der Waals surface area contributed by atoms with Crippen LogP contribution < -0.4 is 5.32 Å². The van der Waals surface area contributed by atoms with E-state index in [2.05, 4.69) is 50.3 Å². The van der Waals surface area contributed by atoms with Crippen LogP contribution in [0.1, 0.15) is 42.3 Å². The second-order valence-corrected chi connectivity index (χ2v) is 7.91. The van der Waals surface area contributed by atoms with Gasteiger partial charge in [0.2, 0.25) is 0 Å². The fourth-order valence-corrected chi connectivity index (χ4v) is 4.24. The molecule has 20 heavy (non-hydrogen) atoms. The van der Waals surface area contributed by atoms with Gasteiger partial charge in [-0.1, -0.05) is 12.8 Å². The minimum absolute atomic E-state index is 0.646. The molecular weight excluding hydrogens is 334 g/mol. The van der Waals surface area contributed by atoms with E-state index >= 15 is 0 Å². The van der Waals surface area contributed by atoms with Crippen LogP contribution in [0.5, 0.6) is 0 Å². The van der Waals surface area contributed by atoms with E-state index < -0.39 is 0 Å². The zero-order valence-electron chi connectivity index (χ0n) is 11.5. The first-order valence-electron chi connectivity index (χ1n) is 7.30. The standard InChI is InChI=1S/C15H20BrN3S/c16-15-6-5-14(20-15)7-9-17-11-12-8-10-19(18-12)13-3-1-2-4-13/h5-6,8,10,13,17H,1-4,7,9,11H2. The predicted octanol–water partition coefficient (Wildman–Crippen LogP) is 4.15. The van der Waals surface area contributed by atoms with E-state index in [0.29, 0.717) is 6.04 Å². The first-order valence-corrected chi connectivity index (χ1v) is 8.91. The molecule has 0 amide bonds. The normalized spacial score (nSPS) is 16.1. The van der Waals surface area contributed by atoms with E-state index in [-0.39, 0.29) is 0 Å². The quantitative estimate of drug-likeness (QED) is 0.790. The van der Waals surface area contributed by atoms with Crippen molar-refractivity contribution in [1.82, 2.24) is 15.1 Å². The largest absolute Gasteiger partial charge is 0.311 e. The monoisotopic (exact) mass is 353 g/mol. The number of hydrogen-bond donors (Lipinski definition) is 1. The van der Waals surface area contributed by atoms with E-state index in [1.165, 1.54) is 34.3 Å². The van der Waals surface area contributed by atoms with Gasteiger partial charge in [0.05, 0.1) is 15.5 Å². The summed E-state index contributed by atoms with van der Waals surface area (Å²) in [6.45, 7) is 1.87. The lowest BCUT2D eigenvalue weighted by Gasteiger charge is -2.08. The highest BCUT2D eigenvalue weighted by atomic mass is 79.9. The second-order valence-electron chi connectivity index (χ2n) is 5.36. The molecule has 1 N–H and O–H groups in total. The highest BCUT2D eigenvalue weighted by Gasteiger charge is 2.17. The third kappa shape index (κ3) is 3.71. The Morgan fingerprint density at radius 1 is 1.30 bits per heavy atom. The van der Waals surface area contributed by atoms with Crippen LogP contribution in [0.25, 0.3) is 0 Å². The van der Waals surface area contributed by atoms with Crippen LogP contribution in [0, 0.1) is 0 Å². The molecule has 1 saturated carbocycles. The Balaban J connectivity index is 1.42. The molecule has 108 valence electrons. The fraction of sp³-hybridized carbons (Fsp3) is 0.533. The van der Waals surface area contributed by atoms with Crippen LogP contribution in [0.3, 0.4) is 0 Å². The van der Waals surface area contributed by atoms with Gasteiger partial charge >= 0.3 is 0 Å². The number of nitrogens with zero attached hydrogens (tertiary/aromatic N) is 2. The Bertz CT molecular complexity index is 543. The lowest BCUT2D eigenvalue weighted by molar-refractivity contribution is 0.461. The molecule has 3 rings (SSSR count). The Morgan fingerprint density at radius 3 is 2.90 bits per heavy atom. The highest BCUT2D eigenvalue weighted by molar-refractivity contribution is 9.11. The minimum atomic E-state index is 0.646. The maximum Gasteiger partial charge on any atom is 0.0762 e. The van der Waals surface area contributed by atoms with Crippen molar-refractivity contribution in [1.29, 1.82) is 0 Å². The summed E-state index contributed by atoms with van der Waals surface area (Å²) in [5, 5.41) is 8.17. The third-order valence-corrected chi connectivity index (χ3v) is 5.53. The van der Waals surface area contributed by atoms with Gasteiger partial charge in [0, 0.05) is 24.2 Å². The molecule has 2 aromatic heterocycles. The SMILES string of the molecule is Brc1ccc(CCNCc2ccn(C3CCCC3)n2)s1. The lowest BCUT2D eigenvalue weighted by Crippen LogP contribution is -2.17. The van der Waals surface area contributed by atoms with Crippen molar-refractivity contribution in [2.75, 3.05) is 6.54 Å². The van der Waals surface area contributed by atoms with Crippen LogP contribution in [-0.2, 0) is 13.0 Å². The summed E-state index contributed by atoms with van der Waals surface area (Å²) in [6.07, 6.45) is 8.52. The van der Waals surface area contributed by atoms with Gasteiger partial charge in [0.1, 0.15) is 0 Å². The van der Waals surface area contributed by atoms with E-state index in [9.17, 15) is 0 Å². The summed E-state index contributed by atoms with van der Waals surface area (Å²) in [4.78, 5) is 1.42. The average molecular weight is 354 g/mol. The molecule has 0 saturated heterocycles. The van der Waals surface area contributed by atoms with Crippen LogP contribution in [-0.4, -0.2) is 16.3 Å². The van der Waals surface area contributed by atoms with Gasteiger partial charge in [-0.25, -0.2) is 0 Å². The molecule has 1 aliphatic rings. The van der Waals surface area contributed by atoms with Gasteiger partial charge in [-0.2, -0.15) is 5.10 Å². The molecule has 1 fully saturated rings. The smallest absolute Gasteiger partial charge is 0.0762 e. The molecule has 2 aromatic rings. The Labute approximate surface area is 132 Å². The van der Waals surface area contributed by atoms with E-state index in [0.717, 1.165) is 25.2 Å². The van der Waals surface area contributed by atoms with Gasteiger partial charge in [-0.05, 0) is 53.4 Å². The van der Waals surface area contributed by atoms with Crippen molar-refractivity contribution in [2.24, 2.45) is 0 Å². The summed E-state index contributed by atoms with van der Waals surface area (Å²) < 4.78 is 3.38. The number of nitrogens with one attached hydrogen (secondary N) is 1. The Kier molecular flexibility index (Phi) is 4.91. The summed E-state index contributed by atoms with van der Waals surface area (Å²) in [6, 6.07) is 7.09.